The van der Waals surface area contributed by atoms with E-state index in [9.17, 15) is 9.59 Å². The van der Waals surface area contributed by atoms with Gasteiger partial charge in [-0.1, -0.05) is 0 Å². The fraction of sp³-hybridized carbons (Fsp3) is 0.158. The number of aryl methyl sites for hydroxylation is 2. The largest absolute Gasteiger partial charge is 0.419 e. The van der Waals surface area contributed by atoms with Gasteiger partial charge in [0.25, 0.3) is 0 Å². The summed E-state index contributed by atoms with van der Waals surface area (Å²) in [4.78, 5) is 32.4. The zero-order chi connectivity index (χ0) is 18.8. The van der Waals surface area contributed by atoms with Gasteiger partial charge >= 0.3 is 5.76 Å². The molecule has 3 aromatic heterocycles. The minimum absolute atomic E-state index is 0.110. The van der Waals surface area contributed by atoms with E-state index in [1.807, 2.05) is 17.5 Å². The number of rotatable bonds is 5. The molecule has 0 aliphatic carbocycles. The Morgan fingerprint density at radius 1 is 1.26 bits per heavy atom. The third-order valence-electron chi connectivity index (χ3n) is 4.16. The Morgan fingerprint density at radius 3 is 2.89 bits per heavy atom. The van der Waals surface area contributed by atoms with Crippen molar-refractivity contribution in [1.29, 1.82) is 0 Å². The van der Waals surface area contributed by atoms with E-state index in [0.717, 1.165) is 16.3 Å². The van der Waals surface area contributed by atoms with E-state index in [2.05, 4.69) is 15.3 Å². The summed E-state index contributed by atoms with van der Waals surface area (Å²) in [5.41, 5.74) is 3.66. The number of hydrogen-bond acceptors (Lipinski definition) is 6. The molecule has 8 heteroatoms. The monoisotopic (exact) mass is 380 g/mol. The highest BCUT2D eigenvalue weighted by Crippen LogP contribution is 2.23. The highest BCUT2D eigenvalue weighted by molar-refractivity contribution is 7.13. The summed E-state index contributed by atoms with van der Waals surface area (Å²) in [5.74, 6) is -0.539. The quantitative estimate of drug-likeness (QED) is 0.574. The molecule has 0 fully saturated rings. The van der Waals surface area contributed by atoms with Gasteiger partial charge in [-0.25, -0.2) is 9.78 Å². The molecule has 0 saturated carbocycles. The summed E-state index contributed by atoms with van der Waals surface area (Å²) in [7, 11) is 1.63. The standard InChI is InChI=1S/C19H16N4O3S/c1-23-15-10-13(2-4-16(15)26-19(23)25)21-17(24)5-3-14-11-27-18(22-14)12-6-8-20-9-7-12/h2,4,6-11H,3,5H2,1H3,(H,21,24). The number of aromatic nitrogens is 3. The fourth-order valence-electron chi connectivity index (χ4n) is 2.72. The third-order valence-corrected chi connectivity index (χ3v) is 5.10. The van der Waals surface area contributed by atoms with Gasteiger partial charge in [0.15, 0.2) is 5.58 Å². The van der Waals surface area contributed by atoms with Crippen LogP contribution in [0.4, 0.5) is 5.69 Å². The van der Waals surface area contributed by atoms with Crippen molar-refractivity contribution in [3.05, 3.63) is 64.4 Å². The lowest BCUT2D eigenvalue weighted by Crippen LogP contribution is -2.12. The van der Waals surface area contributed by atoms with E-state index in [1.165, 1.54) is 4.57 Å². The highest BCUT2D eigenvalue weighted by Gasteiger charge is 2.10. The first kappa shape index (κ1) is 17.2. The van der Waals surface area contributed by atoms with E-state index < -0.39 is 5.76 Å². The summed E-state index contributed by atoms with van der Waals surface area (Å²) in [6.45, 7) is 0. The second-order valence-electron chi connectivity index (χ2n) is 6.04. The number of benzene rings is 1. The molecule has 4 aromatic rings. The van der Waals surface area contributed by atoms with Crippen LogP contribution in [-0.4, -0.2) is 20.4 Å². The number of anilines is 1. The van der Waals surface area contributed by atoms with Gasteiger partial charge in [-0.05, 0) is 36.8 Å². The van der Waals surface area contributed by atoms with Gasteiger partial charge < -0.3 is 9.73 Å². The van der Waals surface area contributed by atoms with Crippen LogP contribution in [0.1, 0.15) is 12.1 Å². The molecule has 0 bridgehead atoms. The average molecular weight is 380 g/mol. The number of pyridine rings is 1. The van der Waals surface area contributed by atoms with Crippen molar-refractivity contribution in [2.45, 2.75) is 12.8 Å². The van der Waals surface area contributed by atoms with Gasteiger partial charge in [0.1, 0.15) is 5.01 Å². The fourth-order valence-corrected chi connectivity index (χ4v) is 3.58. The summed E-state index contributed by atoms with van der Waals surface area (Å²) in [6.07, 6.45) is 4.34. The summed E-state index contributed by atoms with van der Waals surface area (Å²) >= 11 is 1.55. The van der Waals surface area contributed by atoms with Crippen LogP contribution < -0.4 is 11.1 Å². The molecule has 7 nitrogen and oxygen atoms in total. The molecule has 3 heterocycles. The Hall–Kier alpha value is -3.26. The normalized spacial score (nSPS) is 11.0. The van der Waals surface area contributed by atoms with Crippen LogP contribution in [0, 0.1) is 0 Å². The zero-order valence-electron chi connectivity index (χ0n) is 14.5. The second-order valence-corrected chi connectivity index (χ2v) is 6.90. The maximum absolute atomic E-state index is 12.3. The van der Waals surface area contributed by atoms with Crippen LogP contribution in [0.2, 0.25) is 0 Å². The lowest BCUT2D eigenvalue weighted by Gasteiger charge is -2.04. The average Bonchev–Trinajstić information content (AvgIpc) is 3.26. The molecule has 27 heavy (non-hydrogen) atoms. The number of fused-ring (bicyclic) bond motifs is 1. The van der Waals surface area contributed by atoms with Crippen molar-refractivity contribution < 1.29 is 9.21 Å². The van der Waals surface area contributed by atoms with Gasteiger partial charge in [0, 0.05) is 42.5 Å². The number of oxazole rings is 1. The van der Waals surface area contributed by atoms with E-state index >= 15 is 0 Å². The molecule has 1 aromatic carbocycles. The Kier molecular flexibility index (Phi) is 4.55. The van der Waals surface area contributed by atoms with Crippen LogP contribution in [0.25, 0.3) is 21.7 Å². The molecule has 0 atom stereocenters. The van der Waals surface area contributed by atoms with Gasteiger partial charge in [-0.15, -0.1) is 11.3 Å². The van der Waals surface area contributed by atoms with Crippen molar-refractivity contribution in [3.63, 3.8) is 0 Å². The SMILES string of the molecule is Cn1c(=O)oc2ccc(NC(=O)CCc3csc(-c4ccncc4)n3)cc21. The Labute approximate surface area is 158 Å². The number of nitrogens with one attached hydrogen (secondary N) is 1. The van der Waals surface area contributed by atoms with Gasteiger partial charge in [0.05, 0.1) is 11.2 Å². The molecule has 136 valence electrons. The maximum atomic E-state index is 12.3. The molecule has 0 unspecified atom stereocenters. The van der Waals surface area contributed by atoms with E-state index in [4.69, 9.17) is 4.42 Å². The molecule has 4 rings (SSSR count). The minimum Gasteiger partial charge on any atom is -0.408 e. The molecule has 1 N–H and O–H groups in total. The Morgan fingerprint density at radius 2 is 2.07 bits per heavy atom. The highest BCUT2D eigenvalue weighted by atomic mass is 32.1. The van der Waals surface area contributed by atoms with E-state index in [1.54, 1.807) is 49.0 Å². The van der Waals surface area contributed by atoms with Gasteiger partial charge in [-0.2, -0.15) is 0 Å². The third kappa shape index (κ3) is 3.65. The number of hydrogen-bond donors (Lipinski definition) is 1. The van der Waals surface area contributed by atoms with E-state index in [0.29, 0.717) is 29.6 Å². The molecular formula is C19H16N4O3S. The van der Waals surface area contributed by atoms with Crippen LogP contribution in [0.3, 0.4) is 0 Å². The number of carbonyl (C=O) groups excluding carboxylic acids is 1. The molecule has 0 spiro atoms. The molecule has 0 radical (unpaired) electrons. The van der Waals surface area contributed by atoms with Crippen molar-refractivity contribution in [3.8, 4) is 10.6 Å². The lowest BCUT2D eigenvalue weighted by atomic mass is 10.2. The molecule has 0 aliphatic heterocycles. The van der Waals surface area contributed by atoms with Gasteiger partial charge in [-0.3, -0.25) is 14.3 Å². The van der Waals surface area contributed by atoms with Crippen molar-refractivity contribution in [1.82, 2.24) is 14.5 Å². The topological polar surface area (TPSA) is 90.0 Å². The van der Waals surface area contributed by atoms with Crippen LogP contribution >= 0.6 is 11.3 Å². The van der Waals surface area contributed by atoms with Crippen molar-refractivity contribution in [2.75, 3.05) is 5.32 Å². The second kappa shape index (κ2) is 7.16. The summed E-state index contributed by atoms with van der Waals surface area (Å²) in [6, 6.07) is 8.94. The first-order valence-corrected chi connectivity index (χ1v) is 9.22. The van der Waals surface area contributed by atoms with E-state index in [-0.39, 0.29) is 5.91 Å². The Balaban J connectivity index is 1.39. The van der Waals surface area contributed by atoms with Crippen molar-refractivity contribution in [2.24, 2.45) is 7.05 Å². The summed E-state index contributed by atoms with van der Waals surface area (Å²) < 4.78 is 6.49. The molecule has 0 aliphatic rings. The molecular weight excluding hydrogens is 364 g/mol. The minimum atomic E-state index is -0.429. The van der Waals surface area contributed by atoms with Crippen LogP contribution in [0.15, 0.2) is 57.3 Å². The lowest BCUT2D eigenvalue weighted by molar-refractivity contribution is -0.116. The van der Waals surface area contributed by atoms with Gasteiger partial charge in [0.2, 0.25) is 5.91 Å². The van der Waals surface area contributed by atoms with Crippen LogP contribution in [0.5, 0.6) is 0 Å². The number of nitrogens with zero attached hydrogens (tertiary/aromatic N) is 3. The zero-order valence-corrected chi connectivity index (χ0v) is 15.3. The number of carbonyl (C=O) groups is 1. The molecule has 0 saturated heterocycles. The molecule has 1 amide bonds. The Bertz CT molecular complexity index is 1160. The summed E-state index contributed by atoms with van der Waals surface area (Å²) in [5, 5.41) is 5.74. The maximum Gasteiger partial charge on any atom is 0.419 e. The predicted octanol–water partition coefficient (Wildman–Crippen LogP) is 3.22. The predicted molar refractivity (Wildman–Crippen MR) is 104 cm³/mol. The first-order valence-electron chi connectivity index (χ1n) is 8.34. The van der Waals surface area contributed by atoms with Crippen LogP contribution in [-0.2, 0) is 18.3 Å². The smallest absolute Gasteiger partial charge is 0.408 e. The van der Waals surface area contributed by atoms with Crippen molar-refractivity contribution >= 4 is 34.0 Å². The number of amides is 1. The number of thiazole rings is 1. The first-order chi connectivity index (χ1) is 13.1.